The number of carbonyl (C=O) groups excluding carboxylic acids is 1. The van der Waals surface area contributed by atoms with Gasteiger partial charge in [0.05, 0.1) is 5.39 Å². The van der Waals surface area contributed by atoms with E-state index in [4.69, 9.17) is 4.42 Å². The van der Waals surface area contributed by atoms with E-state index in [1.54, 1.807) is 5.32 Å². The zero-order valence-corrected chi connectivity index (χ0v) is 13.8. The van der Waals surface area contributed by atoms with Crippen LogP contribution in [-0.4, -0.2) is 27.4 Å². The van der Waals surface area contributed by atoms with Crippen molar-refractivity contribution >= 4 is 33.3 Å². The van der Waals surface area contributed by atoms with Gasteiger partial charge in [0.1, 0.15) is 17.1 Å². The highest BCUT2D eigenvalue weighted by molar-refractivity contribution is 7.15. The Morgan fingerprint density at radius 2 is 1.86 bits per heavy atom. The smallest absolute Gasteiger partial charge is 0.460 e. The third kappa shape index (κ3) is 3.26. The van der Waals surface area contributed by atoms with Crippen molar-refractivity contribution in [2.45, 2.75) is 12.1 Å². The number of nitrogens with one attached hydrogen (secondary N) is 1. The van der Waals surface area contributed by atoms with Gasteiger partial charge in [0.2, 0.25) is 5.13 Å². The Kier molecular flexibility index (Phi) is 4.53. The minimum Gasteiger partial charge on any atom is -0.506 e. The number of nitrogens with zero attached hydrogens (tertiary/aromatic N) is 2. The van der Waals surface area contributed by atoms with Gasteiger partial charge in [0.15, 0.2) is 10.6 Å². The molecular weight excluding hydrogens is 420 g/mol. The van der Waals surface area contributed by atoms with Crippen molar-refractivity contribution in [1.29, 1.82) is 0 Å². The first-order valence-electron chi connectivity index (χ1n) is 6.97. The van der Waals surface area contributed by atoms with Gasteiger partial charge >= 0.3 is 17.7 Å². The Hall–Kier alpha value is -3.16. The lowest BCUT2D eigenvalue weighted by Crippen LogP contribution is -2.33. The van der Waals surface area contributed by atoms with E-state index in [2.05, 4.69) is 10.2 Å². The van der Waals surface area contributed by atoms with Crippen molar-refractivity contribution in [2.75, 3.05) is 5.32 Å². The number of aromatic nitrogens is 2. The first-order chi connectivity index (χ1) is 12.9. The normalized spacial score (nSPS) is 12.4. The second kappa shape index (κ2) is 6.47. The van der Waals surface area contributed by atoms with Gasteiger partial charge in [-0.25, -0.2) is 9.18 Å². The van der Waals surface area contributed by atoms with Crippen molar-refractivity contribution in [1.82, 2.24) is 10.2 Å². The van der Waals surface area contributed by atoms with Gasteiger partial charge in [-0.1, -0.05) is 11.3 Å². The predicted molar refractivity (Wildman–Crippen MR) is 81.9 cm³/mol. The van der Waals surface area contributed by atoms with E-state index in [0.29, 0.717) is 0 Å². The minimum absolute atomic E-state index is 0.215. The molecule has 2 aromatic heterocycles. The largest absolute Gasteiger partial charge is 0.506 e. The van der Waals surface area contributed by atoms with Crippen LogP contribution in [0.4, 0.5) is 31.5 Å². The van der Waals surface area contributed by atoms with Crippen LogP contribution in [0.1, 0.15) is 15.4 Å². The molecule has 0 saturated carbocycles. The lowest BCUT2D eigenvalue weighted by molar-refractivity contribution is -0.289. The fourth-order valence-electron chi connectivity index (χ4n) is 2.04. The molecule has 0 fully saturated rings. The molecule has 2 heterocycles. The van der Waals surface area contributed by atoms with E-state index < -0.39 is 50.9 Å². The minimum atomic E-state index is -5.93. The number of hydrogen-bond donors (Lipinski definition) is 2. The Morgan fingerprint density at radius 3 is 2.50 bits per heavy atom. The molecule has 3 aromatic rings. The average Bonchev–Trinajstić information content (AvgIpc) is 3.02. The van der Waals surface area contributed by atoms with Crippen LogP contribution in [0, 0.1) is 5.82 Å². The van der Waals surface area contributed by atoms with Crippen LogP contribution in [0.2, 0.25) is 0 Å². The third-order valence-electron chi connectivity index (χ3n) is 3.34. The molecule has 1 amide bonds. The van der Waals surface area contributed by atoms with Gasteiger partial charge in [-0.15, -0.1) is 10.2 Å². The first kappa shape index (κ1) is 19.6. The molecule has 7 nitrogen and oxygen atoms in total. The summed E-state index contributed by atoms with van der Waals surface area (Å²) in [6.45, 7) is 0. The molecule has 148 valence electrons. The molecule has 0 saturated heterocycles. The van der Waals surface area contributed by atoms with E-state index in [0.717, 1.165) is 18.2 Å². The van der Waals surface area contributed by atoms with E-state index in [1.165, 1.54) is 0 Å². The molecule has 0 spiro atoms. The van der Waals surface area contributed by atoms with E-state index >= 15 is 0 Å². The molecule has 0 aliphatic rings. The average molecular weight is 425 g/mol. The number of alkyl halides is 5. The standard InChI is InChI=1S/C14H5F6N3O4S/c15-4-1-2-5-6(3-4)27-10(26)7(8(5)24)9(25)21-12-23-22-11(28-12)13(16,17)14(18,19)20/h1-3,24H,(H,21,23,25). The third-order valence-corrected chi connectivity index (χ3v) is 4.25. The number of amides is 1. The van der Waals surface area contributed by atoms with E-state index in [9.17, 15) is 41.0 Å². The monoisotopic (exact) mass is 425 g/mol. The van der Waals surface area contributed by atoms with Crippen LogP contribution in [0.25, 0.3) is 11.0 Å². The molecule has 0 atom stereocenters. The SMILES string of the molecule is O=C(Nc1nnc(C(F)(F)C(F)(F)F)s1)c1c(O)c2ccc(F)cc2oc1=O. The molecule has 14 heteroatoms. The molecule has 0 bridgehead atoms. The number of anilines is 1. The summed E-state index contributed by atoms with van der Waals surface area (Å²) in [5, 5.41) is 14.8. The summed E-state index contributed by atoms with van der Waals surface area (Å²) in [4.78, 5) is 24.0. The number of halogens is 6. The topological polar surface area (TPSA) is 105 Å². The van der Waals surface area contributed by atoms with Crippen LogP contribution in [0.15, 0.2) is 27.4 Å². The fraction of sp³-hybridized carbons (Fsp3) is 0.143. The number of fused-ring (bicyclic) bond motifs is 1. The Balaban J connectivity index is 1.95. The molecule has 0 aliphatic heterocycles. The summed E-state index contributed by atoms with van der Waals surface area (Å²) in [6, 6.07) is 2.68. The van der Waals surface area contributed by atoms with Crippen LogP contribution < -0.4 is 10.9 Å². The van der Waals surface area contributed by atoms with Crippen molar-refractivity contribution in [3.8, 4) is 5.75 Å². The summed E-state index contributed by atoms with van der Waals surface area (Å²) >= 11 is -0.281. The molecule has 3 rings (SSSR count). The van der Waals surface area contributed by atoms with Crippen LogP contribution in [0.3, 0.4) is 0 Å². The predicted octanol–water partition coefficient (Wildman–Crippen LogP) is 3.40. The maximum absolute atomic E-state index is 13.2. The quantitative estimate of drug-likeness (QED) is 0.492. The number of aromatic hydroxyl groups is 1. The highest BCUT2D eigenvalue weighted by Crippen LogP contribution is 2.45. The van der Waals surface area contributed by atoms with Crippen molar-refractivity contribution in [3.63, 3.8) is 0 Å². The Labute approximate surface area is 153 Å². The van der Waals surface area contributed by atoms with Crippen molar-refractivity contribution < 1.29 is 40.7 Å². The molecule has 28 heavy (non-hydrogen) atoms. The van der Waals surface area contributed by atoms with Gasteiger partial charge in [0, 0.05) is 6.07 Å². The highest BCUT2D eigenvalue weighted by Gasteiger charge is 2.61. The van der Waals surface area contributed by atoms with Crippen molar-refractivity contribution in [2.24, 2.45) is 0 Å². The zero-order chi connectivity index (χ0) is 20.9. The number of carbonyl (C=O) groups is 1. The summed E-state index contributed by atoms with van der Waals surface area (Å²) in [5.41, 5.74) is -2.76. The van der Waals surface area contributed by atoms with Gasteiger partial charge in [-0.05, 0) is 12.1 Å². The molecule has 0 radical (unpaired) electrons. The molecule has 1 aromatic carbocycles. The Morgan fingerprint density at radius 1 is 1.18 bits per heavy atom. The lowest BCUT2D eigenvalue weighted by Gasteiger charge is -2.15. The summed E-state index contributed by atoms with van der Waals surface area (Å²) in [7, 11) is 0. The summed E-state index contributed by atoms with van der Waals surface area (Å²) < 4.78 is 81.2. The van der Waals surface area contributed by atoms with E-state index in [-0.39, 0.29) is 22.3 Å². The molecule has 0 unspecified atom stereocenters. The maximum atomic E-state index is 13.2. The number of benzene rings is 1. The highest BCUT2D eigenvalue weighted by atomic mass is 32.1. The van der Waals surface area contributed by atoms with Crippen LogP contribution in [-0.2, 0) is 5.92 Å². The van der Waals surface area contributed by atoms with Crippen LogP contribution in [0.5, 0.6) is 5.75 Å². The first-order valence-corrected chi connectivity index (χ1v) is 7.78. The lowest BCUT2D eigenvalue weighted by atomic mass is 10.1. The van der Waals surface area contributed by atoms with Crippen LogP contribution >= 0.6 is 11.3 Å². The van der Waals surface area contributed by atoms with E-state index in [1.807, 2.05) is 0 Å². The zero-order valence-electron chi connectivity index (χ0n) is 13.0. The van der Waals surface area contributed by atoms with Gasteiger partial charge in [0.25, 0.3) is 5.91 Å². The summed E-state index contributed by atoms with van der Waals surface area (Å²) in [5.74, 6) is -8.41. The number of hydrogen-bond acceptors (Lipinski definition) is 7. The second-order valence-corrected chi connectivity index (χ2v) is 6.17. The summed E-state index contributed by atoms with van der Waals surface area (Å²) in [6.07, 6.45) is -5.93. The molecular formula is C14H5F6N3O4S. The van der Waals surface area contributed by atoms with Gasteiger partial charge in [-0.2, -0.15) is 22.0 Å². The maximum Gasteiger partial charge on any atom is 0.460 e. The van der Waals surface area contributed by atoms with Gasteiger partial charge in [-0.3, -0.25) is 10.1 Å². The molecule has 0 aliphatic carbocycles. The molecule has 2 N–H and O–H groups in total. The van der Waals surface area contributed by atoms with Crippen molar-refractivity contribution in [3.05, 3.63) is 45.0 Å². The second-order valence-electron chi connectivity index (χ2n) is 5.19. The number of rotatable bonds is 3. The Bertz CT molecular complexity index is 1140. The van der Waals surface area contributed by atoms with Gasteiger partial charge < -0.3 is 9.52 Å². The fourth-order valence-corrected chi connectivity index (χ4v) is 2.77.